The number of hydrogen-bond donors (Lipinski definition) is 1. The SMILES string of the molecule is O=C(O)C1CN(S(=O)(=O)c2ccccc2Cl)C(=O)N1c1ccccc1Cl. The Kier molecular flexibility index (Phi) is 4.83. The predicted molar refractivity (Wildman–Crippen MR) is 96.1 cm³/mol. The molecule has 2 aromatic rings. The third-order valence-corrected chi connectivity index (χ3v) is 6.43. The molecule has 0 bridgehead atoms. The predicted octanol–water partition coefficient (Wildman–Crippen LogP) is 3.08. The molecule has 0 spiro atoms. The van der Waals surface area contributed by atoms with Crippen LogP contribution < -0.4 is 4.90 Å². The Morgan fingerprint density at radius 1 is 1.04 bits per heavy atom. The van der Waals surface area contributed by atoms with E-state index in [1.165, 1.54) is 30.3 Å². The maximum absolute atomic E-state index is 12.9. The van der Waals surface area contributed by atoms with E-state index in [1.54, 1.807) is 18.2 Å². The maximum Gasteiger partial charge on any atom is 0.339 e. The van der Waals surface area contributed by atoms with Crippen LogP contribution in [0.1, 0.15) is 0 Å². The fourth-order valence-corrected chi connectivity index (χ4v) is 4.74. The molecule has 136 valence electrons. The van der Waals surface area contributed by atoms with Gasteiger partial charge in [0.1, 0.15) is 4.90 Å². The van der Waals surface area contributed by atoms with Crippen molar-refractivity contribution in [2.45, 2.75) is 10.9 Å². The molecule has 26 heavy (non-hydrogen) atoms. The zero-order valence-corrected chi connectivity index (χ0v) is 15.4. The van der Waals surface area contributed by atoms with E-state index in [1.807, 2.05) is 0 Å². The second-order valence-electron chi connectivity index (χ2n) is 5.42. The summed E-state index contributed by atoms with van der Waals surface area (Å²) in [6.45, 7) is -0.563. The van der Waals surface area contributed by atoms with Crippen LogP contribution in [0.5, 0.6) is 0 Å². The highest BCUT2D eigenvalue weighted by Crippen LogP contribution is 2.34. The third-order valence-electron chi connectivity index (χ3n) is 3.87. The van der Waals surface area contributed by atoms with Gasteiger partial charge < -0.3 is 5.11 Å². The van der Waals surface area contributed by atoms with E-state index < -0.39 is 34.6 Å². The van der Waals surface area contributed by atoms with Crippen LogP contribution in [0.2, 0.25) is 10.0 Å². The summed E-state index contributed by atoms with van der Waals surface area (Å²) >= 11 is 12.0. The zero-order chi connectivity index (χ0) is 19.1. The lowest BCUT2D eigenvalue weighted by Crippen LogP contribution is -2.40. The first-order chi connectivity index (χ1) is 12.2. The van der Waals surface area contributed by atoms with Crippen molar-refractivity contribution < 1.29 is 23.1 Å². The molecule has 0 aliphatic carbocycles. The monoisotopic (exact) mass is 414 g/mol. The molecular weight excluding hydrogens is 403 g/mol. The smallest absolute Gasteiger partial charge is 0.339 e. The molecule has 2 amide bonds. The van der Waals surface area contributed by atoms with Gasteiger partial charge in [0, 0.05) is 0 Å². The molecule has 0 saturated carbocycles. The van der Waals surface area contributed by atoms with E-state index in [-0.39, 0.29) is 20.6 Å². The summed E-state index contributed by atoms with van der Waals surface area (Å²) in [5, 5.41) is 9.54. The number of aliphatic carboxylic acids is 1. The molecule has 0 aromatic heterocycles. The number of carboxylic acid groups (broad SMARTS) is 1. The molecular formula is C16H12Cl2N2O5S. The Morgan fingerprint density at radius 3 is 2.19 bits per heavy atom. The van der Waals surface area contributed by atoms with Crippen molar-refractivity contribution in [2.24, 2.45) is 0 Å². The molecule has 1 unspecified atom stereocenters. The van der Waals surface area contributed by atoms with E-state index in [9.17, 15) is 23.1 Å². The van der Waals surface area contributed by atoms with Crippen LogP contribution in [0, 0.1) is 0 Å². The van der Waals surface area contributed by atoms with Gasteiger partial charge in [-0.25, -0.2) is 22.3 Å². The number of nitrogens with zero attached hydrogens (tertiary/aromatic N) is 2. The Labute approximate surface area is 159 Å². The number of carboxylic acids is 1. The minimum atomic E-state index is -4.33. The zero-order valence-electron chi connectivity index (χ0n) is 13.0. The maximum atomic E-state index is 12.9. The summed E-state index contributed by atoms with van der Waals surface area (Å²) < 4.78 is 26.2. The molecule has 2 aromatic carbocycles. The van der Waals surface area contributed by atoms with Crippen LogP contribution in [0.15, 0.2) is 53.4 Å². The minimum absolute atomic E-state index is 0.0663. The first kappa shape index (κ1) is 18.5. The van der Waals surface area contributed by atoms with E-state index in [4.69, 9.17) is 23.2 Å². The molecule has 1 heterocycles. The van der Waals surface area contributed by atoms with Crippen molar-refractivity contribution in [1.29, 1.82) is 0 Å². The lowest BCUT2D eigenvalue weighted by molar-refractivity contribution is -0.138. The first-order valence-electron chi connectivity index (χ1n) is 7.33. The van der Waals surface area contributed by atoms with E-state index in [0.29, 0.717) is 4.31 Å². The Morgan fingerprint density at radius 2 is 1.62 bits per heavy atom. The summed E-state index contributed by atoms with van der Waals surface area (Å²) in [7, 11) is -4.33. The molecule has 1 fully saturated rings. The molecule has 1 atom stereocenters. The van der Waals surface area contributed by atoms with Crippen LogP contribution in [-0.4, -0.2) is 42.4 Å². The van der Waals surface area contributed by atoms with E-state index >= 15 is 0 Å². The van der Waals surface area contributed by atoms with Gasteiger partial charge in [-0.15, -0.1) is 0 Å². The van der Waals surface area contributed by atoms with Gasteiger partial charge in [-0.1, -0.05) is 47.5 Å². The first-order valence-corrected chi connectivity index (χ1v) is 9.52. The van der Waals surface area contributed by atoms with Gasteiger partial charge in [0.15, 0.2) is 6.04 Å². The number of carbonyl (C=O) groups is 2. The van der Waals surface area contributed by atoms with Crippen molar-refractivity contribution in [3.63, 3.8) is 0 Å². The number of halogens is 2. The number of rotatable bonds is 4. The van der Waals surface area contributed by atoms with Gasteiger partial charge in [-0.2, -0.15) is 0 Å². The Balaban J connectivity index is 2.09. The fourth-order valence-electron chi connectivity index (χ4n) is 2.65. The molecule has 7 nitrogen and oxygen atoms in total. The van der Waals surface area contributed by atoms with Crippen molar-refractivity contribution >= 4 is 50.9 Å². The number of para-hydroxylation sites is 1. The van der Waals surface area contributed by atoms with Crippen LogP contribution in [0.3, 0.4) is 0 Å². The molecule has 1 aliphatic rings. The van der Waals surface area contributed by atoms with Crippen LogP contribution in [-0.2, 0) is 14.8 Å². The number of benzene rings is 2. The number of hydrogen-bond acceptors (Lipinski definition) is 4. The van der Waals surface area contributed by atoms with Crippen molar-refractivity contribution in [2.75, 3.05) is 11.4 Å². The largest absolute Gasteiger partial charge is 0.480 e. The minimum Gasteiger partial charge on any atom is -0.480 e. The average Bonchev–Trinajstić information content (AvgIpc) is 2.94. The summed E-state index contributed by atoms with van der Waals surface area (Å²) in [5.41, 5.74) is 0.114. The van der Waals surface area contributed by atoms with Gasteiger partial charge in [0.25, 0.3) is 10.0 Å². The molecule has 0 radical (unpaired) electrons. The number of amides is 2. The molecule has 1 saturated heterocycles. The molecule has 1 N–H and O–H groups in total. The second-order valence-corrected chi connectivity index (χ2v) is 8.07. The van der Waals surface area contributed by atoms with E-state index in [2.05, 4.69) is 0 Å². The van der Waals surface area contributed by atoms with Crippen LogP contribution in [0.4, 0.5) is 10.5 Å². The van der Waals surface area contributed by atoms with Crippen LogP contribution in [0.25, 0.3) is 0 Å². The number of sulfonamides is 1. The standard InChI is InChI=1S/C16H12Cl2N2O5S/c17-10-5-1-3-7-12(10)20-13(15(21)22)9-19(16(20)23)26(24,25)14-8-4-2-6-11(14)18/h1-8,13H,9H2,(H,21,22). The number of carbonyl (C=O) groups excluding carboxylic acids is 1. The number of anilines is 1. The molecule has 3 rings (SSSR count). The molecule has 10 heteroatoms. The van der Waals surface area contributed by atoms with Gasteiger partial charge in [0.05, 0.1) is 22.3 Å². The van der Waals surface area contributed by atoms with Gasteiger partial charge in [-0.3, -0.25) is 4.90 Å². The Hall–Kier alpha value is -2.29. The topological polar surface area (TPSA) is 95.0 Å². The lowest BCUT2D eigenvalue weighted by Gasteiger charge is -2.21. The summed E-state index contributed by atoms with van der Waals surface area (Å²) in [6.07, 6.45) is 0. The highest BCUT2D eigenvalue weighted by Gasteiger charge is 2.48. The fraction of sp³-hybridized carbons (Fsp3) is 0.125. The van der Waals surface area contributed by atoms with Crippen LogP contribution >= 0.6 is 23.2 Å². The highest BCUT2D eigenvalue weighted by molar-refractivity contribution is 7.89. The normalized spacial score (nSPS) is 17.6. The quantitative estimate of drug-likeness (QED) is 0.828. The van der Waals surface area contributed by atoms with Gasteiger partial charge in [-0.05, 0) is 24.3 Å². The van der Waals surface area contributed by atoms with Crippen molar-refractivity contribution in [3.8, 4) is 0 Å². The number of urea groups is 1. The van der Waals surface area contributed by atoms with E-state index in [0.717, 1.165) is 4.90 Å². The third kappa shape index (κ3) is 3.00. The summed E-state index contributed by atoms with van der Waals surface area (Å²) in [6, 6.07) is 9.30. The summed E-state index contributed by atoms with van der Waals surface area (Å²) in [5.74, 6) is -1.35. The van der Waals surface area contributed by atoms with Crippen molar-refractivity contribution in [3.05, 3.63) is 58.6 Å². The van der Waals surface area contributed by atoms with Crippen molar-refractivity contribution in [1.82, 2.24) is 4.31 Å². The second kappa shape index (κ2) is 6.79. The van der Waals surface area contributed by atoms with Gasteiger partial charge in [0.2, 0.25) is 0 Å². The highest BCUT2D eigenvalue weighted by atomic mass is 35.5. The molecule has 1 aliphatic heterocycles. The van der Waals surface area contributed by atoms with Gasteiger partial charge >= 0.3 is 12.0 Å². The lowest BCUT2D eigenvalue weighted by atomic mass is 10.2. The summed E-state index contributed by atoms with van der Waals surface area (Å²) in [4.78, 5) is 25.0. The average molecular weight is 415 g/mol. The Bertz CT molecular complexity index is 996.